The first-order chi connectivity index (χ1) is 13.1. The number of aromatic nitrogens is 2. The zero-order valence-corrected chi connectivity index (χ0v) is 15.4. The Morgan fingerprint density at radius 2 is 1.89 bits per heavy atom. The Hall–Kier alpha value is -2.86. The number of hydrogen-bond donors (Lipinski definition) is 2. The minimum atomic E-state index is -0.253. The van der Waals surface area contributed by atoms with Gasteiger partial charge in [0, 0.05) is 23.3 Å². The van der Waals surface area contributed by atoms with Crippen LogP contribution in [0.25, 0.3) is 16.8 Å². The van der Waals surface area contributed by atoms with Crippen molar-refractivity contribution in [2.45, 2.75) is 32.7 Å². The Labute approximate surface area is 158 Å². The van der Waals surface area contributed by atoms with Crippen molar-refractivity contribution in [2.24, 2.45) is 0 Å². The Kier molecular flexibility index (Phi) is 4.81. The molecule has 1 unspecified atom stereocenters. The summed E-state index contributed by atoms with van der Waals surface area (Å²) in [5, 5.41) is 6.59. The van der Waals surface area contributed by atoms with E-state index in [0.717, 1.165) is 28.1 Å². The normalized spacial score (nSPS) is 18.0. The molecule has 140 valence electrons. The van der Waals surface area contributed by atoms with Gasteiger partial charge in [-0.05, 0) is 62.7 Å². The van der Waals surface area contributed by atoms with Gasteiger partial charge in [0.25, 0.3) is 0 Å². The average molecular weight is 366 g/mol. The van der Waals surface area contributed by atoms with E-state index in [1.54, 1.807) is 12.1 Å². The van der Waals surface area contributed by atoms with Gasteiger partial charge >= 0.3 is 0 Å². The number of nitrogens with one attached hydrogen (secondary N) is 2. The van der Waals surface area contributed by atoms with Crippen LogP contribution in [0, 0.1) is 5.82 Å². The lowest BCUT2D eigenvalue weighted by Gasteiger charge is -2.22. The van der Waals surface area contributed by atoms with E-state index in [9.17, 15) is 4.39 Å². The second-order valence-corrected chi connectivity index (χ2v) is 6.86. The number of benzene rings is 1. The molecule has 27 heavy (non-hydrogen) atoms. The van der Waals surface area contributed by atoms with Crippen molar-refractivity contribution in [1.82, 2.24) is 20.2 Å². The number of imidazole rings is 1. The fourth-order valence-electron chi connectivity index (χ4n) is 3.38. The molecule has 6 heteroatoms. The van der Waals surface area contributed by atoms with Crippen molar-refractivity contribution in [2.75, 3.05) is 6.61 Å². The Morgan fingerprint density at radius 1 is 1.15 bits per heavy atom. The molecule has 2 aliphatic rings. The number of allylic oxidation sites excluding steroid dienone is 2. The molecule has 0 aliphatic carbocycles. The first-order valence-electron chi connectivity index (χ1n) is 9.16. The average Bonchev–Trinajstić information content (AvgIpc) is 3.29. The van der Waals surface area contributed by atoms with E-state index < -0.39 is 0 Å². The number of nitrogens with zero attached hydrogens (tertiary/aromatic N) is 2. The van der Waals surface area contributed by atoms with Crippen LogP contribution in [0.4, 0.5) is 4.39 Å². The van der Waals surface area contributed by atoms with Gasteiger partial charge in [-0.15, -0.1) is 0 Å². The van der Waals surface area contributed by atoms with Gasteiger partial charge in [-0.2, -0.15) is 0 Å². The summed E-state index contributed by atoms with van der Waals surface area (Å²) in [6.07, 6.45) is 10.1. The van der Waals surface area contributed by atoms with Gasteiger partial charge in [-0.3, -0.25) is 0 Å². The summed E-state index contributed by atoms with van der Waals surface area (Å²) >= 11 is 0. The zero-order valence-electron chi connectivity index (χ0n) is 15.4. The highest BCUT2D eigenvalue weighted by Gasteiger charge is 2.25. The molecule has 2 N–H and O–H groups in total. The lowest BCUT2D eigenvalue weighted by Crippen LogP contribution is -2.36. The first kappa shape index (κ1) is 17.5. The smallest absolute Gasteiger partial charge is 0.123 e. The number of hydrogen-bond acceptors (Lipinski definition) is 4. The molecule has 3 heterocycles. The molecular weight excluding hydrogens is 343 g/mol. The van der Waals surface area contributed by atoms with Crippen molar-refractivity contribution in [3.63, 3.8) is 0 Å². The lowest BCUT2D eigenvalue weighted by atomic mass is 9.97. The largest absolute Gasteiger partial charge is 0.377 e. The maximum Gasteiger partial charge on any atom is 0.123 e. The van der Waals surface area contributed by atoms with E-state index in [1.165, 1.54) is 12.1 Å². The summed E-state index contributed by atoms with van der Waals surface area (Å²) in [4.78, 5) is 4.66. The molecule has 0 saturated heterocycles. The molecule has 0 radical (unpaired) electrons. The molecule has 5 nitrogen and oxygen atoms in total. The lowest BCUT2D eigenvalue weighted by molar-refractivity contribution is 0.0726. The maximum absolute atomic E-state index is 13.4. The Bertz CT molecular complexity index is 909. The van der Waals surface area contributed by atoms with Gasteiger partial charge in [0.15, 0.2) is 0 Å². The number of ether oxygens (including phenoxy) is 1. The predicted molar refractivity (Wildman–Crippen MR) is 104 cm³/mol. The number of halogens is 1. The molecule has 1 aromatic heterocycles. The van der Waals surface area contributed by atoms with E-state index in [0.29, 0.717) is 13.2 Å². The minimum Gasteiger partial charge on any atom is -0.377 e. The number of fused-ring (bicyclic) bond motifs is 1. The van der Waals surface area contributed by atoms with Crippen LogP contribution in [0.2, 0.25) is 0 Å². The van der Waals surface area contributed by atoms with Crippen LogP contribution < -0.4 is 10.6 Å². The minimum absolute atomic E-state index is 0.0568. The predicted octanol–water partition coefficient (Wildman–Crippen LogP) is 3.43. The zero-order chi connectivity index (χ0) is 18.8. The SMILES string of the molecule is CC(C)OCCn1cnc(-c2ccc(F)cc2)c1C1=C2C=CNC2NC=C1. The third-order valence-electron chi connectivity index (χ3n) is 4.65. The molecule has 0 fully saturated rings. The maximum atomic E-state index is 13.4. The van der Waals surface area contributed by atoms with Crippen molar-refractivity contribution in [3.8, 4) is 11.3 Å². The monoisotopic (exact) mass is 366 g/mol. The van der Waals surface area contributed by atoms with Gasteiger partial charge < -0.3 is 19.9 Å². The van der Waals surface area contributed by atoms with Crippen LogP contribution in [0.1, 0.15) is 19.5 Å². The van der Waals surface area contributed by atoms with E-state index in [2.05, 4.69) is 32.3 Å². The summed E-state index contributed by atoms with van der Waals surface area (Å²) in [7, 11) is 0. The molecule has 0 saturated carbocycles. The second-order valence-electron chi connectivity index (χ2n) is 6.86. The highest BCUT2D eigenvalue weighted by molar-refractivity contribution is 5.86. The van der Waals surface area contributed by atoms with Crippen LogP contribution >= 0.6 is 0 Å². The van der Waals surface area contributed by atoms with Crippen molar-refractivity contribution in [1.29, 1.82) is 0 Å². The summed E-state index contributed by atoms with van der Waals surface area (Å²) in [5.41, 5.74) is 5.00. The third kappa shape index (κ3) is 3.53. The number of dihydropyridines is 1. The van der Waals surface area contributed by atoms with Crippen LogP contribution in [0.15, 0.2) is 60.7 Å². The molecular formula is C21H23FN4O. The van der Waals surface area contributed by atoms with E-state index >= 15 is 0 Å². The highest BCUT2D eigenvalue weighted by atomic mass is 19.1. The van der Waals surface area contributed by atoms with Gasteiger partial charge in [0.1, 0.15) is 12.0 Å². The van der Waals surface area contributed by atoms with Crippen LogP contribution in [-0.2, 0) is 11.3 Å². The van der Waals surface area contributed by atoms with Gasteiger partial charge in [-0.1, -0.05) is 0 Å². The van der Waals surface area contributed by atoms with E-state index in [-0.39, 0.29) is 18.1 Å². The summed E-state index contributed by atoms with van der Waals surface area (Å²) in [6.45, 7) is 5.35. The molecule has 0 amide bonds. The molecule has 0 bridgehead atoms. The number of rotatable bonds is 6. The molecule has 1 atom stereocenters. The van der Waals surface area contributed by atoms with Crippen molar-refractivity contribution < 1.29 is 9.13 Å². The topological polar surface area (TPSA) is 51.1 Å². The molecule has 4 rings (SSSR count). The fraction of sp³-hybridized carbons (Fsp3) is 0.286. The van der Waals surface area contributed by atoms with Crippen LogP contribution in [0.5, 0.6) is 0 Å². The van der Waals surface area contributed by atoms with Gasteiger partial charge in [0.2, 0.25) is 0 Å². The molecule has 1 aromatic carbocycles. The molecule has 0 spiro atoms. The van der Waals surface area contributed by atoms with Gasteiger partial charge in [0.05, 0.1) is 30.4 Å². The van der Waals surface area contributed by atoms with Gasteiger partial charge in [-0.25, -0.2) is 9.37 Å². The molecule has 2 aliphatic heterocycles. The van der Waals surface area contributed by atoms with Crippen molar-refractivity contribution in [3.05, 3.63) is 72.2 Å². The van der Waals surface area contributed by atoms with Crippen LogP contribution in [0.3, 0.4) is 0 Å². The Balaban J connectivity index is 1.79. The van der Waals surface area contributed by atoms with E-state index in [1.807, 2.05) is 32.6 Å². The van der Waals surface area contributed by atoms with E-state index in [4.69, 9.17) is 4.74 Å². The quantitative estimate of drug-likeness (QED) is 0.822. The van der Waals surface area contributed by atoms with Crippen molar-refractivity contribution >= 4 is 5.57 Å². The second kappa shape index (κ2) is 7.40. The fourth-order valence-corrected chi connectivity index (χ4v) is 3.38. The summed E-state index contributed by atoms with van der Waals surface area (Å²) in [6, 6.07) is 6.48. The summed E-state index contributed by atoms with van der Waals surface area (Å²) < 4.78 is 21.2. The highest BCUT2D eigenvalue weighted by Crippen LogP contribution is 2.34. The summed E-state index contributed by atoms with van der Waals surface area (Å²) in [5.74, 6) is -0.253. The first-order valence-corrected chi connectivity index (χ1v) is 9.16. The standard InChI is InChI=1S/C21H23FN4O/c1-14(2)27-12-11-26-13-25-19(15-3-5-16(22)6-4-15)20(26)17-7-9-23-21-18(17)8-10-24-21/h3-10,13-14,21,23-24H,11-12H2,1-2H3. The Morgan fingerprint density at radius 3 is 2.63 bits per heavy atom. The molecule has 2 aromatic rings. The van der Waals surface area contributed by atoms with Crippen LogP contribution in [-0.4, -0.2) is 28.4 Å². The third-order valence-corrected chi connectivity index (χ3v) is 4.65.